The zero-order valence-corrected chi connectivity index (χ0v) is 13.6. The first-order valence-corrected chi connectivity index (χ1v) is 8.02. The van der Waals surface area contributed by atoms with Crippen LogP contribution in [-0.2, 0) is 6.54 Å². The maximum Gasteiger partial charge on any atom is 0.153 e. The number of rotatable bonds is 4. The minimum Gasteiger partial charge on any atom is -0.368 e. The van der Waals surface area contributed by atoms with E-state index < -0.39 is 11.6 Å². The molecule has 1 fully saturated rings. The number of para-hydroxylation sites is 1. The van der Waals surface area contributed by atoms with E-state index in [1.807, 2.05) is 18.2 Å². The van der Waals surface area contributed by atoms with Crippen molar-refractivity contribution in [2.24, 2.45) is 0 Å². The lowest BCUT2D eigenvalue weighted by Crippen LogP contribution is -2.46. The maximum atomic E-state index is 13.9. The SMILES string of the molecule is N#Cc1ccccc1N1CCN(Cc2cc(C=O)c(F)cc2F)CC1. The number of hydrogen-bond donors (Lipinski definition) is 0. The van der Waals surface area contributed by atoms with E-state index in [4.69, 9.17) is 0 Å². The van der Waals surface area contributed by atoms with Gasteiger partial charge in [0, 0.05) is 44.4 Å². The number of carbonyl (C=O) groups is 1. The van der Waals surface area contributed by atoms with Gasteiger partial charge in [-0.1, -0.05) is 12.1 Å². The Morgan fingerprint density at radius 1 is 1.08 bits per heavy atom. The highest BCUT2D eigenvalue weighted by atomic mass is 19.1. The third-order valence-corrected chi connectivity index (χ3v) is 4.42. The molecule has 1 aliphatic heterocycles. The Bertz CT molecular complexity index is 824. The molecule has 0 unspecified atom stereocenters. The van der Waals surface area contributed by atoms with E-state index in [9.17, 15) is 18.8 Å². The zero-order chi connectivity index (χ0) is 17.8. The number of carbonyl (C=O) groups excluding carboxylic acids is 1. The Hall–Kier alpha value is -2.78. The van der Waals surface area contributed by atoms with Crippen LogP contribution in [0.25, 0.3) is 0 Å². The highest BCUT2D eigenvalue weighted by Gasteiger charge is 2.20. The second-order valence-electron chi connectivity index (χ2n) is 5.98. The molecule has 0 amide bonds. The lowest BCUT2D eigenvalue weighted by Gasteiger charge is -2.36. The normalized spacial score (nSPS) is 15.0. The van der Waals surface area contributed by atoms with E-state index in [0.29, 0.717) is 50.1 Å². The van der Waals surface area contributed by atoms with Gasteiger partial charge in [-0.2, -0.15) is 5.26 Å². The van der Waals surface area contributed by atoms with Gasteiger partial charge >= 0.3 is 0 Å². The van der Waals surface area contributed by atoms with Gasteiger partial charge < -0.3 is 4.90 Å². The van der Waals surface area contributed by atoms with Crippen molar-refractivity contribution >= 4 is 12.0 Å². The fraction of sp³-hybridized carbons (Fsp3) is 0.263. The summed E-state index contributed by atoms with van der Waals surface area (Å²) in [6, 6.07) is 11.7. The van der Waals surface area contributed by atoms with E-state index in [2.05, 4.69) is 15.9 Å². The summed E-state index contributed by atoms with van der Waals surface area (Å²) in [5.74, 6) is -1.48. The Morgan fingerprint density at radius 3 is 2.48 bits per heavy atom. The number of nitrogens with zero attached hydrogens (tertiary/aromatic N) is 3. The van der Waals surface area contributed by atoms with Crippen molar-refractivity contribution in [2.45, 2.75) is 6.54 Å². The lowest BCUT2D eigenvalue weighted by atomic mass is 10.1. The van der Waals surface area contributed by atoms with Crippen molar-refractivity contribution in [2.75, 3.05) is 31.1 Å². The van der Waals surface area contributed by atoms with Crippen molar-refractivity contribution < 1.29 is 13.6 Å². The van der Waals surface area contributed by atoms with E-state index in [-0.39, 0.29) is 5.56 Å². The summed E-state index contributed by atoms with van der Waals surface area (Å²) in [7, 11) is 0. The van der Waals surface area contributed by atoms with Gasteiger partial charge in [-0.15, -0.1) is 0 Å². The first-order valence-electron chi connectivity index (χ1n) is 8.02. The summed E-state index contributed by atoms with van der Waals surface area (Å²) in [5.41, 5.74) is 1.73. The summed E-state index contributed by atoms with van der Waals surface area (Å²) in [4.78, 5) is 15.0. The van der Waals surface area contributed by atoms with Gasteiger partial charge in [0.15, 0.2) is 6.29 Å². The first-order chi connectivity index (χ1) is 12.1. The molecule has 0 spiro atoms. The van der Waals surface area contributed by atoms with Crippen LogP contribution >= 0.6 is 0 Å². The summed E-state index contributed by atoms with van der Waals surface area (Å²) in [6.45, 7) is 3.12. The fourth-order valence-corrected chi connectivity index (χ4v) is 3.06. The molecule has 0 aliphatic carbocycles. The van der Waals surface area contributed by atoms with E-state index in [1.54, 1.807) is 6.07 Å². The van der Waals surface area contributed by atoms with E-state index >= 15 is 0 Å². The smallest absolute Gasteiger partial charge is 0.153 e. The molecule has 1 heterocycles. The van der Waals surface area contributed by atoms with Gasteiger partial charge in [0.1, 0.15) is 17.7 Å². The minimum atomic E-state index is -0.839. The highest BCUT2D eigenvalue weighted by molar-refractivity contribution is 5.75. The Morgan fingerprint density at radius 2 is 1.80 bits per heavy atom. The molecule has 3 rings (SSSR count). The van der Waals surface area contributed by atoms with Crippen LogP contribution in [0.4, 0.5) is 14.5 Å². The molecule has 2 aromatic carbocycles. The van der Waals surface area contributed by atoms with Gasteiger partial charge in [-0.05, 0) is 18.2 Å². The average Bonchev–Trinajstić information content (AvgIpc) is 2.64. The molecule has 4 nitrogen and oxygen atoms in total. The molecule has 0 saturated carbocycles. The molecule has 1 saturated heterocycles. The second-order valence-corrected chi connectivity index (χ2v) is 5.98. The first kappa shape index (κ1) is 17.1. The molecule has 2 aromatic rings. The molecule has 6 heteroatoms. The predicted octanol–water partition coefficient (Wildman–Crippen LogP) is 2.97. The average molecular weight is 341 g/mol. The fourth-order valence-electron chi connectivity index (χ4n) is 3.06. The molecule has 128 valence electrons. The van der Waals surface area contributed by atoms with Crippen LogP contribution in [0.5, 0.6) is 0 Å². The largest absolute Gasteiger partial charge is 0.368 e. The molecule has 0 aromatic heterocycles. The van der Waals surface area contributed by atoms with Crippen LogP contribution in [0.15, 0.2) is 36.4 Å². The predicted molar refractivity (Wildman–Crippen MR) is 90.4 cm³/mol. The summed E-state index contributed by atoms with van der Waals surface area (Å²) in [5, 5.41) is 9.21. The standard InChI is InChI=1S/C19H17F2N3O/c20-17-10-18(21)16(13-25)9-15(17)12-23-5-7-24(8-6-23)19-4-2-1-3-14(19)11-22/h1-4,9-10,13H,5-8,12H2. The van der Waals surface area contributed by atoms with E-state index in [0.717, 1.165) is 11.8 Å². The summed E-state index contributed by atoms with van der Waals surface area (Å²) < 4.78 is 27.3. The van der Waals surface area contributed by atoms with Crippen molar-refractivity contribution in [3.05, 3.63) is 64.7 Å². The number of halogens is 2. The Balaban J connectivity index is 1.67. The number of nitriles is 1. The van der Waals surface area contributed by atoms with Gasteiger partial charge in [0.2, 0.25) is 0 Å². The van der Waals surface area contributed by atoms with Crippen LogP contribution in [0.1, 0.15) is 21.5 Å². The number of hydrogen-bond acceptors (Lipinski definition) is 4. The number of aldehydes is 1. The van der Waals surface area contributed by atoms with Crippen LogP contribution in [0.2, 0.25) is 0 Å². The zero-order valence-electron chi connectivity index (χ0n) is 13.6. The summed E-state index contributed by atoms with van der Waals surface area (Å²) in [6.07, 6.45) is 0.398. The molecule has 0 atom stereocenters. The minimum absolute atomic E-state index is 0.127. The number of anilines is 1. The monoisotopic (exact) mass is 341 g/mol. The van der Waals surface area contributed by atoms with Crippen LogP contribution in [0.3, 0.4) is 0 Å². The van der Waals surface area contributed by atoms with Crippen molar-refractivity contribution in [1.29, 1.82) is 5.26 Å². The molecule has 0 radical (unpaired) electrons. The highest BCUT2D eigenvalue weighted by Crippen LogP contribution is 2.22. The van der Waals surface area contributed by atoms with Gasteiger partial charge in [-0.3, -0.25) is 9.69 Å². The third-order valence-electron chi connectivity index (χ3n) is 4.42. The van der Waals surface area contributed by atoms with Crippen molar-refractivity contribution in [3.63, 3.8) is 0 Å². The molecule has 1 aliphatic rings. The molecular weight excluding hydrogens is 324 g/mol. The Labute approximate surface area is 144 Å². The van der Waals surface area contributed by atoms with Crippen LogP contribution in [0, 0.1) is 23.0 Å². The number of benzene rings is 2. The quantitative estimate of drug-likeness (QED) is 0.802. The second kappa shape index (κ2) is 7.41. The topological polar surface area (TPSA) is 47.3 Å². The Kier molecular flexibility index (Phi) is 5.05. The van der Waals surface area contributed by atoms with Crippen molar-refractivity contribution in [3.8, 4) is 6.07 Å². The van der Waals surface area contributed by atoms with Gasteiger partial charge in [0.05, 0.1) is 16.8 Å². The van der Waals surface area contributed by atoms with Crippen LogP contribution in [-0.4, -0.2) is 37.4 Å². The number of piperazine rings is 1. The third kappa shape index (κ3) is 3.67. The van der Waals surface area contributed by atoms with Gasteiger partial charge in [0.25, 0.3) is 0 Å². The lowest BCUT2D eigenvalue weighted by molar-refractivity contribution is 0.111. The molecular formula is C19H17F2N3O. The molecule has 25 heavy (non-hydrogen) atoms. The van der Waals surface area contributed by atoms with E-state index in [1.165, 1.54) is 6.07 Å². The molecule has 0 N–H and O–H groups in total. The maximum absolute atomic E-state index is 13.9. The van der Waals surface area contributed by atoms with Crippen molar-refractivity contribution in [1.82, 2.24) is 4.90 Å². The molecule has 0 bridgehead atoms. The summed E-state index contributed by atoms with van der Waals surface area (Å²) >= 11 is 0. The van der Waals surface area contributed by atoms with Crippen LogP contribution < -0.4 is 4.90 Å². The van der Waals surface area contributed by atoms with Gasteiger partial charge in [-0.25, -0.2) is 8.78 Å².